The van der Waals surface area contributed by atoms with Crippen LogP contribution in [0, 0.1) is 11.3 Å². The highest BCUT2D eigenvalue weighted by molar-refractivity contribution is 5.99. The minimum absolute atomic E-state index is 0.00730. The molecule has 1 rings (SSSR count). The smallest absolute Gasteiger partial charge is 0.398 e. The number of amides is 1. The van der Waals surface area contributed by atoms with Crippen molar-refractivity contribution in [3.63, 3.8) is 0 Å². The van der Waals surface area contributed by atoms with E-state index in [0.717, 1.165) is 6.07 Å². The lowest BCUT2D eigenvalue weighted by atomic mass is 9.82. The minimum Gasteiger partial charge on any atom is -0.398 e. The van der Waals surface area contributed by atoms with Gasteiger partial charge in [0.1, 0.15) is 0 Å². The Morgan fingerprint density at radius 2 is 1.86 bits per heavy atom. The van der Waals surface area contributed by atoms with Gasteiger partial charge in [-0.2, -0.15) is 13.2 Å². The third kappa shape index (κ3) is 4.37. The second kappa shape index (κ2) is 5.95. The monoisotopic (exact) mass is 302 g/mol. The summed E-state index contributed by atoms with van der Waals surface area (Å²) in [7, 11) is 0. The van der Waals surface area contributed by atoms with E-state index in [1.54, 1.807) is 0 Å². The summed E-state index contributed by atoms with van der Waals surface area (Å²) in [4.78, 5) is 12.0. The molecule has 0 aromatic heterocycles. The Hall–Kier alpha value is -1.72. The molecular weight excluding hydrogens is 281 g/mol. The van der Waals surface area contributed by atoms with Crippen molar-refractivity contribution in [3.05, 3.63) is 29.3 Å². The molecule has 0 spiro atoms. The Bertz CT molecular complexity index is 519. The number of hydrogen-bond acceptors (Lipinski definition) is 2. The number of halogens is 3. The summed E-state index contributed by atoms with van der Waals surface area (Å²) in [5.74, 6) is -0.414. The van der Waals surface area contributed by atoms with Gasteiger partial charge in [-0.05, 0) is 23.5 Å². The number of carbonyl (C=O) groups is 1. The van der Waals surface area contributed by atoms with Crippen molar-refractivity contribution in [2.45, 2.75) is 33.9 Å². The lowest BCUT2D eigenvalue weighted by Gasteiger charge is -2.27. The molecule has 0 heterocycles. The van der Waals surface area contributed by atoms with Gasteiger partial charge < -0.3 is 11.1 Å². The van der Waals surface area contributed by atoms with Crippen LogP contribution in [-0.2, 0) is 6.18 Å². The first-order valence-electron chi connectivity index (χ1n) is 6.68. The van der Waals surface area contributed by atoms with Gasteiger partial charge in [0.25, 0.3) is 5.91 Å². The number of anilines is 1. The molecule has 1 unspecified atom stereocenters. The molecule has 0 saturated carbocycles. The number of hydrogen-bond donors (Lipinski definition) is 2. The topological polar surface area (TPSA) is 55.1 Å². The van der Waals surface area contributed by atoms with Gasteiger partial charge in [-0.15, -0.1) is 0 Å². The van der Waals surface area contributed by atoms with E-state index in [0.29, 0.717) is 6.54 Å². The Balaban J connectivity index is 2.90. The molecule has 118 valence electrons. The lowest BCUT2D eigenvalue weighted by molar-refractivity contribution is -0.136. The van der Waals surface area contributed by atoms with Crippen molar-refractivity contribution in [2.24, 2.45) is 11.3 Å². The third-order valence-electron chi connectivity index (χ3n) is 3.70. The molecule has 0 fully saturated rings. The van der Waals surface area contributed by atoms with Crippen molar-refractivity contribution >= 4 is 11.6 Å². The fraction of sp³-hybridized carbons (Fsp3) is 0.533. The SMILES string of the molecule is CC(CNC(=O)c1cccc(C(F)(F)F)c1N)C(C)(C)C. The molecule has 21 heavy (non-hydrogen) atoms. The van der Waals surface area contributed by atoms with Crippen molar-refractivity contribution in [1.29, 1.82) is 0 Å². The molecule has 0 aliphatic heterocycles. The molecular formula is C15H21F3N2O. The van der Waals surface area contributed by atoms with Gasteiger partial charge in [-0.3, -0.25) is 4.79 Å². The number of para-hydroxylation sites is 1. The van der Waals surface area contributed by atoms with E-state index in [4.69, 9.17) is 5.73 Å². The van der Waals surface area contributed by atoms with Crippen LogP contribution in [-0.4, -0.2) is 12.5 Å². The first-order valence-corrected chi connectivity index (χ1v) is 6.68. The zero-order valence-electron chi connectivity index (χ0n) is 12.6. The van der Waals surface area contributed by atoms with Crippen LogP contribution in [0.4, 0.5) is 18.9 Å². The summed E-state index contributed by atoms with van der Waals surface area (Å²) in [6, 6.07) is 3.34. The van der Waals surface area contributed by atoms with Gasteiger partial charge in [-0.25, -0.2) is 0 Å². The van der Waals surface area contributed by atoms with E-state index in [2.05, 4.69) is 5.32 Å². The Kier molecular flexibility index (Phi) is 4.91. The molecule has 3 N–H and O–H groups in total. The fourth-order valence-electron chi connectivity index (χ4n) is 1.66. The molecule has 3 nitrogen and oxygen atoms in total. The molecule has 0 aliphatic carbocycles. The molecule has 1 atom stereocenters. The van der Waals surface area contributed by atoms with Crippen LogP contribution in [0.2, 0.25) is 0 Å². The summed E-state index contributed by atoms with van der Waals surface area (Å²) < 4.78 is 38.3. The highest BCUT2D eigenvalue weighted by Crippen LogP contribution is 2.35. The molecule has 0 aliphatic rings. The number of carbonyl (C=O) groups excluding carboxylic acids is 1. The maximum atomic E-state index is 12.8. The zero-order valence-corrected chi connectivity index (χ0v) is 12.6. The van der Waals surface area contributed by atoms with Gasteiger partial charge >= 0.3 is 6.18 Å². The van der Waals surface area contributed by atoms with Crippen molar-refractivity contribution in [1.82, 2.24) is 5.32 Å². The highest BCUT2D eigenvalue weighted by atomic mass is 19.4. The van der Waals surface area contributed by atoms with Crippen LogP contribution in [0.15, 0.2) is 18.2 Å². The number of nitrogens with two attached hydrogens (primary N) is 1. The maximum Gasteiger partial charge on any atom is 0.418 e. The number of nitrogens with one attached hydrogen (secondary N) is 1. The van der Waals surface area contributed by atoms with Crippen LogP contribution < -0.4 is 11.1 Å². The van der Waals surface area contributed by atoms with Crippen LogP contribution in [0.25, 0.3) is 0 Å². The predicted molar refractivity (Wildman–Crippen MR) is 76.8 cm³/mol. The number of rotatable bonds is 3. The predicted octanol–water partition coefficient (Wildman–Crippen LogP) is 3.70. The minimum atomic E-state index is -4.57. The van der Waals surface area contributed by atoms with Crippen LogP contribution in [0.1, 0.15) is 43.6 Å². The van der Waals surface area contributed by atoms with Gasteiger partial charge in [-0.1, -0.05) is 33.8 Å². The van der Waals surface area contributed by atoms with Crippen LogP contribution in [0.3, 0.4) is 0 Å². The van der Waals surface area contributed by atoms with Crippen LogP contribution >= 0.6 is 0 Å². The average molecular weight is 302 g/mol. The highest BCUT2D eigenvalue weighted by Gasteiger charge is 2.34. The number of benzene rings is 1. The summed E-state index contributed by atoms with van der Waals surface area (Å²) in [5, 5.41) is 2.64. The Morgan fingerprint density at radius 1 is 1.29 bits per heavy atom. The van der Waals surface area contributed by atoms with Crippen molar-refractivity contribution in [3.8, 4) is 0 Å². The van der Waals surface area contributed by atoms with Gasteiger partial charge in [0, 0.05) is 6.54 Å². The quantitative estimate of drug-likeness (QED) is 0.836. The molecule has 0 radical (unpaired) electrons. The fourth-order valence-corrected chi connectivity index (χ4v) is 1.66. The molecule has 1 aromatic carbocycles. The Labute approximate surface area is 122 Å². The molecule has 1 amide bonds. The number of nitrogen functional groups attached to an aromatic ring is 1. The second-order valence-corrected chi connectivity index (χ2v) is 6.24. The first-order chi connectivity index (χ1) is 9.44. The second-order valence-electron chi connectivity index (χ2n) is 6.24. The van der Waals surface area contributed by atoms with Gasteiger partial charge in [0.2, 0.25) is 0 Å². The van der Waals surface area contributed by atoms with E-state index in [1.165, 1.54) is 12.1 Å². The maximum absolute atomic E-state index is 12.8. The average Bonchev–Trinajstić information content (AvgIpc) is 2.33. The standard InChI is InChI=1S/C15H21F3N2O/c1-9(14(2,3)4)8-20-13(21)10-6-5-7-11(12(10)19)15(16,17)18/h5-7,9H,8,19H2,1-4H3,(H,20,21). The van der Waals surface area contributed by atoms with E-state index in [9.17, 15) is 18.0 Å². The Morgan fingerprint density at radius 3 is 2.33 bits per heavy atom. The molecule has 1 aromatic rings. The van der Waals surface area contributed by atoms with E-state index in [-0.39, 0.29) is 16.9 Å². The third-order valence-corrected chi connectivity index (χ3v) is 3.70. The lowest BCUT2D eigenvalue weighted by Crippen LogP contribution is -2.34. The van der Waals surface area contributed by atoms with Crippen LogP contribution in [0.5, 0.6) is 0 Å². The van der Waals surface area contributed by atoms with E-state index < -0.39 is 23.3 Å². The molecule has 6 heteroatoms. The first kappa shape index (κ1) is 17.3. The van der Waals surface area contributed by atoms with Gasteiger partial charge in [0.15, 0.2) is 0 Å². The summed E-state index contributed by atoms with van der Waals surface area (Å²) in [5.41, 5.74) is 3.80. The summed E-state index contributed by atoms with van der Waals surface area (Å²) in [6.07, 6.45) is -4.57. The van der Waals surface area contributed by atoms with E-state index in [1.807, 2.05) is 27.7 Å². The zero-order chi connectivity index (χ0) is 16.4. The van der Waals surface area contributed by atoms with Gasteiger partial charge in [0.05, 0.1) is 16.8 Å². The van der Waals surface area contributed by atoms with Crippen molar-refractivity contribution < 1.29 is 18.0 Å². The summed E-state index contributed by atoms with van der Waals surface area (Å²) in [6.45, 7) is 8.43. The summed E-state index contributed by atoms with van der Waals surface area (Å²) >= 11 is 0. The molecule has 0 saturated heterocycles. The van der Waals surface area contributed by atoms with Crippen molar-refractivity contribution in [2.75, 3.05) is 12.3 Å². The molecule has 0 bridgehead atoms. The largest absolute Gasteiger partial charge is 0.418 e. The van der Waals surface area contributed by atoms with E-state index >= 15 is 0 Å². The number of alkyl halides is 3. The normalized spacial score (nSPS) is 13.9.